The lowest BCUT2D eigenvalue weighted by molar-refractivity contribution is -0.274. The van der Waals surface area contributed by atoms with E-state index in [1.807, 2.05) is 4.72 Å². The third-order valence-electron chi connectivity index (χ3n) is 4.77. The van der Waals surface area contributed by atoms with Crippen LogP contribution in [-0.2, 0) is 26.0 Å². The lowest BCUT2D eigenvalue weighted by Crippen LogP contribution is -2.45. The van der Waals surface area contributed by atoms with E-state index in [0.29, 0.717) is 11.1 Å². The average molecular weight is 499 g/mol. The van der Waals surface area contributed by atoms with Crippen LogP contribution in [0.1, 0.15) is 25.0 Å². The molecule has 184 valence electrons. The molecule has 11 heteroatoms. The van der Waals surface area contributed by atoms with Gasteiger partial charge < -0.3 is 9.64 Å². The van der Waals surface area contributed by atoms with Crippen LogP contribution >= 0.6 is 0 Å². The highest BCUT2D eigenvalue weighted by atomic mass is 32.2. The number of ether oxygens (including phenoxy) is 1. The van der Waals surface area contributed by atoms with Gasteiger partial charge in [-0.25, -0.2) is 13.1 Å². The third kappa shape index (κ3) is 8.54. The summed E-state index contributed by atoms with van der Waals surface area (Å²) in [4.78, 5) is 27.2. The van der Waals surface area contributed by atoms with Crippen LogP contribution in [0, 0.1) is 5.92 Å². The van der Waals surface area contributed by atoms with E-state index in [1.54, 1.807) is 44.2 Å². The Balaban J connectivity index is 2.23. The molecule has 0 spiro atoms. The van der Waals surface area contributed by atoms with E-state index < -0.39 is 39.9 Å². The van der Waals surface area contributed by atoms with Gasteiger partial charge in [-0.05, 0) is 49.6 Å². The third-order valence-corrected chi connectivity index (χ3v) is 5.75. The summed E-state index contributed by atoms with van der Waals surface area (Å²) in [5.41, 5.74) is 0.949. The highest BCUT2D eigenvalue weighted by Crippen LogP contribution is 2.24. The summed E-state index contributed by atoms with van der Waals surface area (Å²) in [6.07, 6.45) is -3.77. The molecular formula is C23H25F3N2O5S. The van der Waals surface area contributed by atoms with Gasteiger partial charge in [-0.2, -0.15) is 0 Å². The monoisotopic (exact) mass is 498 g/mol. The summed E-state index contributed by atoms with van der Waals surface area (Å²) >= 11 is 0. The quantitative estimate of drug-likeness (QED) is 0.504. The van der Waals surface area contributed by atoms with Gasteiger partial charge in [-0.1, -0.05) is 42.5 Å². The fourth-order valence-corrected chi connectivity index (χ4v) is 3.92. The minimum Gasteiger partial charge on any atom is -0.406 e. The van der Waals surface area contributed by atoms with Crippen LogP contribution < -0.4 is 9.46 Å². The second kappa shape index (κ2) is 11.7. The Hall–Kier alpha value is -3.34. The molecule has 0 aliphatic heterocycles. The number of nitrogens with zero attached hydrogens (tertiary/aromatic N) is 1. The first kappa shape index (κ1) is 26.9. The number of nitrogens with one attached hydrogen (secondary N) is 1. The number of hydrogen-bond donors (Lipinski definition) is 1. The second-order valence-electron chi connectivity index (χ2n) is 7.18. The minimum atomic E-state index is -4.86. The van der Waals surface area contributed by atoms with Crippen molar-refractivity contribution >= 4 is 27.9 Å². The van der Waals surface area contributed by atoms with Crippen LogP contribution in [0.5, 0.6) is 5.75 Å². The topological polar surface area (TPSA) is 92.8 Å². The molecule has 0 saturated carbocycles. The number of halogens is 3. The molecule has 2 amide bonds. The zero-order valence-corrected chi connectivity index (χ0v) is 19.4. The first-order chi connectivity index (χ1) is 15.9. The lowest BCUT2D eigenvalue weighted by Gasteiger charge is -2.24. The van der Waals surface area contributed by atoms with Gasteiger partial charge in [0.05, 0.1) is 5.41 Å². The van der Waals surface area contributed by atoms with Crippen molar-refractivity contribution in [2.24, 2.45) is 5.92 Å². The SMILES string of the molecule is CCN(CC)C(=O)C(Cc1ccc(OC(F)(F)F)cc1)C(=O)NS(=O)(=O)/C=C/c1ccccc1. The Morgan fingerprint density at radius 3 is 2.15 bits per heavy atom. The fourth-order valence-electron chi connectivity index (χ4n) is 3.09. The standard InChI is InChI=1S/C23H25F3N2O5S/c1-3-28(4-2)22(30)20(16-18-10-12-19(13-11-18)33-23(24,25)26)21(29)27-34(31,32)15-14-17-8-6-5-7-9-17/h5-15,20H,3-4,16H2,1-2H3,(H,27,29)/b15-14+. The molecule has 0 aromatic heterocycles. The molecule has 0 fully saturated rings. The first-order valence-electron chi connectivity index (χ1n) is 10.4. The molecule has 1 N–H and O–H groups in total. The number of carbonyl (C=O) groups excluding carboxylic acids is 2. The van der Waals surface area contributed by atoms with Gasteiger partial charge in [-0.3, -0.25) is 9.59 Å². The second-order valence-corrected chi connectivity index (χ2v) is 8.75. The molecule has 0 aliphatic rings. The maximum atomic E-state index is 12.9. The summed E-state index contributed by atoms with van der Waals surface area (Å²) < 4.78 is 67.7. The first-order valence-corrected chi connectivity index (χ1v) is 11.9. The Morgan fingerprint density at radius 1 is 1.03 bits per heavy atom. The number of carbonyl (C=O) groups is 2. The summed E-state index contributed by atoms with van der Waals surface area (Å²) in [6, 6.07) is 13.2. The van der Waals surface area contributed by atoms with Crippen LogP contribution in [-0.4, -0.2) is 44.6 Å². The predicted molar refractivity (Wildman–Crippen MR) is 121 cm³/mol. The summed E-state index contributed by atoms with van der Waals surface area (Å²) in [5.74, 6) is -3.50. The molecule has 2 aromatic carbocycles. The summed E-state index contributed by atoms with van der Waals surface area (Å²) in [5, 5.41) is 0.822. The van der Waals surface area contributed by atoms with Crippen molar-refractivity contribution in [3.8, 4) is 5.75 Å². The van der Waals surface area contributed by atoms with Crippen LogP contribution in [0.15, 0.2) is 60.0 Å². The van der Waals surface area contributed by atoms with E-state index in [0.717, 1.165) is 17.5 Å². The summed E-state index contributed by atoms with van der Waals surface area (Å²) in [7, 11) is -4.21. The smallest absolute Gasteiger partial charge is 0.406 e. The molecule has 34 heavy (non-hydrogen) atoms. The van der Waals surface area contributed by atoms with E-state index >= 15 is 0 Å². The fraction of sp³-hybridized carbons (Fsp3) is 0.304. The molecule has 0 saturated heterocycles. The normalized spacial score (nSPS) is 12.9. The zero-order chi connectivity index (χ0) is 25.4. The van der Waals surface area contributed by atoms with Crippen molar-refractivity contribution in [3.05, 3.63) is 71.1 Å². The van der Waals surface area contributed by atoms with E-state index in [1.165, 1.54) is 23.1 Å². The van der Waals surface area contributed by atoms with Gasteiger partial charge in [-0.15, -0.1) is 13.2 Å². The molecule has 2 rings (SSSR count). The number of amides is 2. The van der Waals surface area contributed by atoms with Gasteiger partial charge in [0.2, 0.25) is 11.8 Å². The van der Waals surface area contributed by atoms with Gasteiger partial charge in [0.1, 0.15) is 11.7 Å². The number of sulfonamides is 1. The van der Waals surface area contributed by atoms with Gasteiger partial charge >= 0.3 is 6.36 Å². The molecule has 2 aromatic rings. The number of rotatable bonds is 10. The molecule has 0 bridgehead atoms. The predicted octanol–water partition coefficient (Wildman–Crippen LogP) is 3.73. The van der Waals surface area contributed by atoms with Crippen molar-refractivity contribution in [2.75, 3.05) is 13.1 Å². The van der Waals surface area contributed by atoms with Crippen LogP contribution in [0.3, 0.4) is 0 Å². The molecule has 7 nitrogen and oxygen atoms in total. The molecule has 0 aliphatic carbocycles. The van der Waals surface area contributed by atoms with Crippen LogP contribution in [0.25, 0.3) is 6.08 Å². The summed E-state index contributed by atoms with van der Waals surface area (Å²) in [6.45, 7) is 3.99. The van der Waals surface area contributed by atoms with Gasteiger partial charge in [0.25, 0.3) is 10.0 Å². The van der Waals surface area contributed by atoms with E-state index in [4.69, 9.17) is 0 Å². The van der Waals surface area contributed by atoms with E-state index in [-0.39, 0.29) is 19.5 Å². The lowest BCUT2D eigenvalue weighted by atomic mass is 9.97. The average Bonchev–Trinajstić information content (AvgIpc) is 2.77. The number of hydrogen-bond acceptors (Lipinski definition) is 5. The molecule has 1 atom stereocenters. The van der Waals surface area contributed by atoms with Crippen molar-refractivity contribution in [2.45, 2.75) is 26.6 Å². The number of benzene rings is 2. The zero-order valence-electron chi connectivity index (χ0n) is 18.6. The van der Waals surface area contributed by atoms with Crippen LogP contribution in [0.4, 0.5) is 13.2 Å². The molecular weight excluding hydrogens is 473 g/mol. The van der Waals surface area contributed by atoms with Crippen molar-refractivity contribution in [1.82, 2.24) is 9.62 Å². The minimum absolute atomic E-state index is 0.217. The Bertz CT molecular complexity index is 1100. The maximum absolute atomic E-state index is 12.9. The maximum Gasteiger partial charge on any atom is 0.573 e. The van der Waals surface area contributed by atoms with Crippen molar-refractivity contribution in [3.63, 3.8) is 0 Å². The van der Waals surface area contributed by atoms with Crippen LogP contribution in [0.2, 0.25) is 0 Å². The molecule has 1 unspecified atom stereocenters. The van der Waals surface area contributed by atoms with E-state index in [9.17, 15) is 31.2 Å². The number of alkyl halides is 3. The van der Waals surface area contributed by atoms with Crippen molar-refractivity contribution in [1.29, 1.82) is 0 Å². The highest BCUT2D eigenvalue weighted by molar-refractivity contribution is 7.93. The Kier molecular flexibility index (Phi) is 9.25. The Morgan fingerprint density at radius 2 is 1.62 bits per heavy atom. The van der Waals surface area contributed by atoms with E-state index in [2.05, 4.69) is 4.74 Å². The Labute approximate surface area is 196 Å². The molecule has 0 heterocycles. The van der Waals surface area contributed by atoms with Gasteiger partial charge in [0.15, 0.2) is 0 Å². The largest absolute Gasteiger partial charge is 0.573 e. The van der Waals surface area contributed by atoms with Crippen molar-refractivity contribution < 1.29 is 35.9 Å². The van der Waals surface area contributed by atoms with Gasteiger partial charge in [0, 0.05) is 13.1 Å². The molecule has 0 radical (unpaired) electrons. The highest BCUT2D eigenvalue weighted by Gasteiger charge is 2.33.